The van der Waals surface area contributed by atoms with E-state index in [1.165, 1.54) is 29.2 Å². The summed E-state index contributed by atoms with van der Waals surface area (Å²) in [5.74, 6) is -0.723. The van der Waals surface area contributed by atoms with Crippen LogP contribution < -0.4 is 9.62 Å². The van der Waals surface area contributed by atoms with E-state index in [1.54, 1.807) is 36.4 Å². The first-order valence-electron chi connectivity index (χ1n) is 14.2. The molecule has 4 rings (SSSR count). The number of hydrogen-bond donors (Lipinski definition) is 1. The maximum absolute atomic E-state index is 14.2. The van der Waals surface area contributed by atoms with Crippen LogP contribution in [0.2, 0.25) is 10.0 Å². The zero-order chi connectivity index (χ0) is 30.4. The van der Waals surface area contributed by atoms with Gasteiger partial charge in [0, 0.05) is 22.6 Å². The topological polar surface area (TPSA) is 86.8 Å². The minimum atomic E-state index is -4.17. The molecule has 1 fully saturated rings. The van der Waals surface area contributed by atoms with Gasteiger partial charge in [-0.2, -0.15) is 0 Å². The minimum Gasteiger partial charge on any atom is -0.352 e. The van der Waals surface area contributed by atoms with Crippen LogP contribution in [-0.4, -0.2) is 43.8 Å². The maximum Gasteiger partial charge on any atom is 0.264 e. The highest BCUT2D eigenvalue weighted by atomic mass is 35.5. The lowest BCUT2D eigenvalue weighted by molar-refractivity contribution is -0.140. The number of nitrogens with zero attached hydrogens (tertiary/aromatic N) is 2. The highest BCUT2D eigenvalue weighted by molar-refractivity contribution is 7.92. The van der Waals surface area contributed by atoms with Gasteiger partial charge in [0.2, 0.25) is 11.8 Å². The fourth-order valence-electron chi connectivity index (χ4n) is 5.22. The van der Waals surface area contributed by atoms with Gasteiger partial charge in [-0.15, -0.1) is 0 Å². The average molecular weight is 631 g/mol. The van der Waals surface area contributed by atoms with Crippen molar-refractivity contribution in [2.24, 2.45) is 0 Å². The van der Waals surface area contributed by atoms with Crippen molar-refractivity contribution in [3.63, 3.8) is 0 Å². The number of halogens is 2. The van der Waals surface area contributed by atoms with E-state index in [0.29, 0.717) is 22.2 Å². The molecular weight excluding hydrogens is 593 g/mol. The lowest BCUT2D eigenvalue weighted by Gasteiger charge is -2.34. The molecule has 1 aliphatic rings. The van der Waals surface area contributed by atoms with E-state index in [9.17, 15) is 18.0 Å². The molecule has 0 aliphatic heterocycles. The van der Waals surface area contributed by atoms with E-state index < -0.39 is 28.5 Å². The number of rotatable bonds is 11. The molecule has 0 saturated heterocycles. The van der Waals surface area contributed by atoms with Gasteiger partial charge in [-0.1, -0.05) is 61.2 Å². The number of amides is 2. The highest BCUT2D eigenvalue weighted by Crippen LogP contribution is 2.28. The standard InChI is InChI=1S/C32H37Cl2N3O4S/c1-4-30(32(39)35-27-7-5-6-8-27)36(20-24-10-12-25(33)13-11-24)31(38)21-37(28-16-9-22(2)23(3)19-28)42(40,41)29-17-14-26(34)15-18-29/h9-19,27,30H,4-8,20-21H2,1-3H3,(H,35,39)/t30-/m0/s1. The molecule has 0 spiro atoms. The van der Waals surface area contributed by atoms with Crippen molar-refractivity contribution < 1.29 is 18.0 Å². The summed E-state index contributed by atoms with van der Waals surface area (Å²) in [7, 11) is -4.17. The Labute approximate surface area is 258 Å². The fraction of sp³-hybridized carbons (Fsp3) is 0.375. The second-order valence-corrected chi connectivity index (χ2v) is 13.5. The van der Waals surface area contributed by atoms with E-state index in [0.717, 1.165) is 46.7 Å². The molecule has 10 heteroatoms. The van der Waals surface area contributed by atoms with Gasteiger partial charge in [-0.05, 0) is 98.3 Å². The monoisotopic (exact) mass is 629 g/mol. The van der Waals surface area contributed by atoms with Gasteiger partial charge in [0.05, 0.1) is 10.6 Å². The summed E-state index contributed by atoms with van der Waals surface area (Å²) in [6.07, 6.45) is 4.30. The van der Waals surface area contributed by atoms with Crippen molar-refractivity contribution in [3.8, 4) is 0 Å². The van der Waals surface area contributed by atoms with E-state index >= 15 is 0 Å². The molecule has 224 valence electrons. The maximum atomic E-state index is 14.2. The van der Waals surface area contributed by atoms with Crippen LogP contribution in [0.5, 0.6) is 0 Å². The lowest BCUT2D eigenvalue weighted by Crippen LogP contribution is -2.53. The molecule has 0 radical (unpaired) electrons. The third kappa shape index (κ3) is 7.65. The van der Waals surface area contributed by atoms with Crippen molar-refractivity contribution in [3.05, 3.63) is 93.5 Å². The van der Waals surface area contributed by atoms with E-state index in [4.69, 9.17) is 23.2 Å². The Morgan fingerprint density at radius 3 is 2.07 bits per heavy atom. The summed E-state index contributed by atoms with van der Waals surface area (Å²) in [4.78, 5) is 29.2. The largest absolute Gasteiger partial charge is 0.352 e. The predicted molar refractivity (Wildman–Crippen MR) is 168 cm³/mol. The van der Waals surface area contributed by atoms with Gasteiger partial charge in [0.25, 0.3) is 10.0 Å². The zero-order valence-corrected chi connectivity index (χ0v) is 26.5. The van der Waals surface area contributed by atoms with Crippen LogP contribution in [0.1, 0.15) is 55.7 Å². The molecule has 3 aromatic rings. The SMILES string of the molecule is CC[C@@H](C(=O)NC1CCCC1)N(Cc1ccc(Cl)cc1)C(=O)CN(c1ccc(C)c(C)c1)S(=O)(=O)c1ccc(Cl)cc1. The number of nitrogens with one attached hydrogen (secondary N) is 1. The predicted octanol–water partition coefficient (Wildman–Crippen LogP) is 6.67. The molecule has 0 aromatic heterocycles. The van der Waals surface area contributed by atoms with Crippen molar-refractivity contribution in [2.75, 3.05) is 10.8 Å². The Balaban J connectivity index is 1.73. The molecule has 1 atom stereocenters. The number of hydrogen-bond acceptors (Lipinski definition) is 4. The Morgan fingerprint density at radius 1 is 0.905 bits per heavy atom. The van der Waals surface area contributed by atoms with E-state index in [1.807, 2.05) is 26.8 Å². The minimum absolute atomic E-state index is 0.00759. The zero-order valence-electron chi connectivity index (χ0n) is 24.1. The molecule has 0 bridgehead atoms. The Kier molecular flexibility index (Phi) is 10.6. The lowest BCUT2D eigenvalue weighted by atomic mass is 10.1. The second-order valence-electron chi connectivity index (χ2n) is 10.8. The smallest absolute Gasteiger partial charge is 0.264 e. The Morgan fingerprint density at radius 2 is 1.50 bits per heavy atom. The van der Waals surface area contributed by atoms with Gasteiger partial charge in [-0.3, -0.25) is 13.9 Å². The van der Waals surface area contributed by atoms with Gasteiger partial charge in [0.1, 0.15) is 12.6 Å². The molecule has 1 saturated carbocycles. The Hall–Kier alpha value is -3.07. The summed E-state index contributed by atoms with van der Waals surface area (Å²) in [5, 5.41) is 4.07. The number of carbonyl (C=O) groups is 2. The van der Waals surface area contributed by atoms with Crippen LogP contribution in [0.25, 0.3) is 0 Å². The van der Waals surface area contributed by atoms with Crippen LogP contribution in [0.15, 0.2) is 71.6 Å². The summed E-state index contributed by atoms with van der Waals surface area (Å²) in [6.45, 7) is 5.31. The number of anilines is 1. The molecule has 1 aliphatic carbocycles. The summed E-state index contributed by atoms with van der Waals surface area (Å²) in [5.41, 5.74) is 3.01. The number of aryl methyl sites for hydroxylation is 2. The van der Waals surface area contributed by atoms with Gasteiger partial charge in [-0.25, -0.2) is 8.42 Å². The average Bonchev–Trinajstić information content (AvgIpc) is 3.47. The van der Waals surface area contributed by atoms with E-state index in [2.05, 4.69) is 5.32 Å². The molecule has 2 amide bonds. The van der Waals surface area contributed by atoms with Crippen molar-refractivity contribution in [1.82, 2.24) is 10.2 Å². The van der Waals surface area contributed by atoms with Gasteiger partial charge >= 0.3 is 0 Å². The molecule has 0 unspecified atom stereocenters. The first kappa shape index (κ1) is 31.9. The molecule has 7 nitrogen and oxygen atoms in total. The number of sulfonamides is 1. The number of carbonyl (C=O) groups excluding carboxylic acids is 2. The molecular formula is C32H37Cl2N3O4S. The molecule has 0 heterocycles. The van der Waals surface area contributed by atoms with Crippen LogP contribution in [-0.2, 0) is 26.2 Å². The fourth-order valence-corrected chi connectivity index (χ4v) is 6.87. The highest BCUT2D eigenvalue weighted by Gasteiger charge is 2.34. The first-order valence-corrected chi connectivity index (χ1v) is 16.4. The number of benzene rings is 3. The van der Waals surface area contributed by atoms with Crippen molar-refractivity contribution in [2.45, 2.75) is 76.4 Å². The summed E-state index contributed by atoms with van der Waals surface area (Å²) < 4.78 is 29.1. The normalized spacial score (nSPS) is 14.4. The van der Waals surface area contributed by atoms with Crippen LogP contribution in [0, 0.1) is 13.8 Å². The molecule has 1 N–H and O–H groups in total. The third-order valence-electron chi connectivity index (χ3n) is 7.81. The van der Waals surface area contributed by atoms with Gasteiger partial charge in [0.15, 0.2) is 0 Å². The van der Waals surface area contributed by atoms with E-state index in [-0.39, 0.29) is 23.4 Å². The quantitative estimate of drug-likeness (QED) is 0.256. The molecule has 3 aromatic carbocycles. The van der Waals surface area contributed by atoms with Crippen LogP contribution in [0.4, 0.5) is 5.69 Å². The van der Waals surface area contributed by atoms with Crippen LogP contribution >= 0.6 is 23.2 Å². The van der Waals surface area contributed by atoms with Crippen LogP contribution in [0.3, 0.4) is 0 Å². The van der Waals surface area contributed by atoms with Gasteiger partial charge < -0.3 is 10.2 Å². The summed E-state index contributed by atoms with van der Waals surface area (Å²) >= 11 is 12.1. The second kappa shape index (κ2) is 13.9. The Bertz CT molecular complexity index is 1510. The van der Waals surface area contributed by atoms with Crippen molar-refractivity contribution in [1.29, 1.82) is 0 Å². The summed E-state index contributed by atoms with van der Waals surface area (Å²) in [6, 6.07) is 17.5. The molecule has 42 heavy (non-hydrogen) atoms. The van der Waals surface area contributed by atoms with Crippen molar-refractivity contribution >= 4 is 50.7 Å². The first-order chi connectivity index (χ1) is 20.0. The third-order valence-corrected chi connectivity index (χ3v) is 10.1.